The number of imidazole rings is 1. The van der Waals surface area contributed by atoms with Gasteiger partial charge in [-0.05, 0) is 42.8 Å². The monoisotopic (exact) mass is 498 g/mol. The molecule has 180 valence electrons. The van der Waals surface area contributed by atoms with E-state index in [0.29, 0.717) is 16.5 Å². The number of rotatable bonds is 7. The number of hydrogen-bond acceptors (Lipinski definition) is 8. The van der Waals surface area contributed by atoms with Crippen LogP contribution in [0, 0.1) is 6.92 Å². The van der Waals surface area contributed by atoms with Crippen LogP contribution in [0.4, 0.5) is 0 Å². The van der Waals surface area contributed by atoms with E-state index in [1.54, 1.807) is 12.4 Å². The number of hydrogen-bond donors (Lipinski definition) is 2. The Morgan fingerprint density at radius 3 is 2.56 bits per heavy atom. The van der Waals surface area contributed by atoms with Crippen molar-refractivity contribution in [2.45, 2.75) is 12.1 Å². The molecule has 0 bridgehead atoms. The highest BCUT2D eigenvalue weighted by atomic mass is 32.2. The number of nitrogens with one attached hydrogen (secondary N) is 1. The first-order valence-corrected chi connectivity index (χ1v) is 12.1. The van der Waals surface area contributed by atoms with Crippen molar-refractivity contribution < 1.29 is 14.6 Å². The normalized spacial score (nSPS) is 11.9. The van der Waals surface area contributed by atoms with Crippen molar-refractivity contribution >= 4 is 34.3 Å². The number of carbonyl (C=O) groups is 1. The first-order chi connectivity index (χ1) is 17.6. The number of aromatic amines is 1. The molecule has 0 unspecified atom stereocenters. The molecule has 0 saturated carbocycles. The van der Waals surface area contributed by atoms with Gasteiger partial charge in [-0.3, -0.25) is 9.55 Å². The lowest BCUT2D eigenvalue weighted by Gasteiger charge is -2.13. The van der Waals surface area contributed by atoms with Crippen molar-refractivity contribution in [3.63, 3.8) is 0 Å². The van der Waals surface area contributed by atoms with E-state index in [-0.39, 0.29) is 22.9 Å². The van der Waals surface area contributed by atoms with E-state index in [1.807, 2.05) is 72.2 Å². The van der Waals surface area contributed by atoms with Gasteiger partial charge in [0.15, 0.2) is 11.0 Å². The molecular weight excluding hydrogens is 476 g/mol. The van der Waals surface area contributed by atoms with Crippen LogP contribution in [-0.4, -0.2) is 53.7 Å². The van der Waals surface area contributed by atoms with Gasteiger partial charge in [0.1, 0.15) is 17.2 Å². The number of aliphatic hydroxyl groups excluding tert-OH is 1. The largest absolute Gasteiger partial charge is 0.510 e. The summed E-state index contributed by atoms with van der Waals surface area (Å²) in [5.41, 5.74) is 4.19. The van der Waals surface area contributed by atoms with Gasteiger partial charge in [0, 0.05) is 18.0 Å². The number of methoxy groups -OCH3 is 1. The molecule has 36 heavy (non-hydrogen) atoms. The Hall–Kier alpha value is -4.44. The van der Waals surface area contributed by atoms with Crippen molar-refractivity contribution in [3.05, 3.63) is 90.2 Å². The van der Waals surface area contributed by atoms with E-state index in [4.69, 9.17) is 4.74 Å². The Morgan fingerprint density at radius 2 is 1.81 bits per heavy atom. The number of esters is 1. The van der Waals surface area contributed by atoms with E-state index in [2.05, 4.69) is 25.1 Å². The third kappa shape index (κ3) is 4.46. The molecule has 2 aromatic carbocycles. The van der Waals surface area contributed by atoms with Crippen LogP contribution >= 0.6 is 11.8 Å². The molecule has 0 radical (unpaired) electrons. The van der Waals surface area contributed by atoms with Crippen molar-refractivity contribution in [3.8, 4) is 17.1 Å². The summed E-state index contributed by atoms with van der Waals surface area (Å²) in [7, 11) is 1.27. The second-order valence-electron chi connectivity index (χ2n) is 7.87. The molecule has 2 N–H and O–H groups in total. The maximum atomic E-state index is 12.6. The Kier molecular flexibility index (Phi) is 6.50. The quantitative estimate of drug-likeness (QED) is 0.143. The van der Waals surface area contributed by atoms with Crippen LogP contribution in [0.15, 0.2) is 84.0 Å². The predicted molar refractivity (Wildman–Crippen MR) is 138 cm³/mol. The molecular formula is C26H22N6O3S. The van der Waals surface area contributed by atoms with Gasteiger partial charge in [0.05, 0.1) is 29.6 Å². The van der Waals surface area contributed by atoms with Gasteiger partial charge >= 0.3 is 5.97 Å². The highest BCUT2D eigenvalue weighted by molar-refractivity contribution is 7.99. The van der Waals surface area contributed by atoms with Gasteiger partial charge in [0.2, 0.25) is 0 Å². The maximum absolute atomic E-state index is 12.6. The summed E-state index contributed by atoms with van der Waals surface area (Å²) in [6, 6.07) is 19.0. The zero-order chi connectivity index (χ0) is 25.1. The number of fused-ring (bicyclic) bond motifs is 1. The average molecular weight is 499 g/mol. The number of benzene rings is 2. The van der Waals surface area contributed by atoms with Gasteiger partial charge in [-0.1, -0.05) is 42.1 Å². The van der Waals surface area contributed by atoms with E-state index in [9.17, 15) is 9.90 Å². The Morgan fingerprint density at radius 1 is 1.06 bits per heavy atom. The van der Waals surface area contributed by atoms with E-state index in [1.165, 1.54) is 18.9 Å². The number of para-hydroxylation sites is 3. The van der Waals surface area contributed by atoms with Crippen LogP contribution in [0.5, 0.6) is 0 Å². The molecule has 0 atom stereocenters. The highest BCUT2D eigenvalue weighted by Crippen LogP contribution is 2.31. The average Bonchev–Trinajstić information content (AvgIpc) is 3.52. The van der Waals surface area contributed by atoms with Crippen molar-refractivity contribution in [1.82, 2.24) is 29.7 Å². The van der Waals surface area contributed by atoms with Crippen molar-refractivity contribution in [2.24, 2.45) is 0 Å². The standard InChI is InChI=1S/C26H22N6O3S/c1-16-7-3-6-10-20(16)32-24(17-11-13-27-14-12-17)30-31-26(32)36-15-21(33)22(25(34)35-2)23-28-18-8-4-5-9-19(18)29-23/h3-14,33H,15H2,1-2H3,(H,28,29)/b22-21+. The molecule has 0 spiro atoms. The number of ether oxygens (including phenoxy) is 1. The summed E-state index contributed by atoms with van der Waals surface area (Å²) in [5.74, 6) is 0.0461. The number of thioether (sulfide) groups is 1. The third-order valence-electron chi connectivity index (χ3n) is 5.57. The minimum atomic E-state index is -0.690. The van der Waals surface area contributed by atoms with Crippen LogP contribution in [-0.2, 0) is 9.53 Å². The molecule has 0 aliphatic carbocycles. The molecule has 10 heteroatoms. The topological polar surface area (TPSA) is 119 Å². The van der Waals surface area contributed by atoms with Crippen LogP contribution in [0.3, 0.4) is 0 Å². The van der Waals surface area contributed by atoms with Crippen LogP contribution < -0.4 is 0 Å². The summed E-state index contributed by atoms with van der Waals surface area (Å²) in [5, 5.41) is 20.4. The molecule has 0 aliphatic rings. The fourth-order valence-corrected chi connectivity index (χ4v) is 4.63. The van der Waals surface area contributed by atoms with Crippen LogP contribution in [0.1, 0.15) is 11.4 Å². The van der Waals surface area contributed by atoms with Gasteiger partial charge in [-0.2, -0.15) is 0 Å². The fourth-order valence-electron chi connectivity index (χ4n) is 3.81. The minimum absolute atomic E-state index is 0.0301. The summed E-state index contributed by atoms with van der Waals surface area (Å²) >= 11 is 1.25. The van der Waals surface area contributed by atoms with E-state index >= 15 is 0 Å². The second-order valence-corrected chi connectivity index (χ2v) is 8.81. The predicted octanol–water partition coefficient (Wildman–Crippen LogP) is 4.75. The van der Waals surface area contributed by atoms with E-state index in [0.717, 1.165) is 22.3 Å². The number of H-pyrrole nitrogens is 1. The minimum Gasteiger partial charge on any atom is -0.510 e. The summed E-state index contributed by atoms with van der Waals surface area (Å²) in [6.07, 6.45) is 3.40. The molecule has 9 nitrogen and oxygen atoms in total. The van der Waals surface area contributed by atoms with Crippen molar-refractivity contribution in [2.75, 3.05) is 12.9 Å². The Bertz CT molecular complexity index is 1540. The number of carbonyl (C=O) groups excluding carboxylic acids is 1. The smallest absolute Gasteiger partial charge is 0.345 e. The third-order valence-corrected chi connectivity index (χ3v) is 6.51. The Labute approximate surface area is 210 Å². The highest BCUT2D eigenvalue weighted by Gasteiger charge is 2.24. The van der Waals surface area contributed by atoms with E-state index < -0.39 is 5.97 Å². The Balaban J connectivity index is 1.54. The second kappa shape index (κ2) is 10.0. The number of nitrogens with zero attached hydrogens (tertiary/aromatic N) is 5. The van der Waals surface area contributed by atoms with Gasteiger partial charge < -0.3 is 14.8 Å². The molecule has 0 saturated heterocycles. The molecule has 3 heterocycles. The molecule has 5 rings (SSSR count). The summed E-state index contributed by atoms with van der Waals surface area (Å²) < 4.78 is 6.87. The van der Waals surface area contributed by atoms with Crippen molar-refractivity contribution in [1.29, 1.82) is 0 Å². The molecule has 0 amide bonds. The molecule has 0 fully saturated rings. The van der Waals surface area contributed by atoms with Gasteiger partial charge in [-0.15, -0.1) is 10.2 Å². The first-order valence-electron chi connectivity index (χ1n) is 11.1. The number of pyridine rings is 1. The van der Waals surface area contributed by atoms with Crippen LogP contribution in [0.25, 0.3) is 33.7 Å². The lowest BCUT2D eigenvalue weighted by Crippen LogP contribution is -2.10. The number of aliphatic hydroxyl groups is 1. The van der Waals surface area contributed by atoms with Crippen LogP contribution in [0.2, 0.25) is 0 Å². The van der Waals surface area contributed by atoms with Gasteiger partial charge in [-0.25, -0.2) is 9.78 Å². The lowest BCUT2D eigenvalue weighted by atomic mass is 10.2. The zero-order valence-corrected chi connectivity index (χ0v) is 20.4. The zero-order valence-electron chi connectivity index (χ0n) is 19.5. The van der Waals surface area contributed by atoms with Gasteiger partial charge in [0.25, 0.3) is 0 Å². The molecule has 3 aromatic heterocycles. The molecule has 5 aromatic rings. The maximum Gasteiger partial charge on any atom is 0.345 e. The molecule has 0 aliphatic heterocycles. The fraction of sp³-hybridized carbons (Fsp3) is 0.115. The number of aryl methyl sites for hydroxylation is 1. The first kappa shape index (κ1) is 23.3. The lowest BCUT2D eigenvalue weighted by molar-refractivity contribution is -0.133. The number of aromatic nitrogens is 6. The SMILES string of the molecule is COC(=O)/C(=C(/O)CSc1nnc(-c2ccncc2)n1-c1ccccc1C)c1nc2ccccc2[nH]1. The summed E-state index contributed by atoms with van der Waals surface area (Å²) in [4.78, 5) is 24.2. The summed E-state index contributed by atoms with van der Waals surface area (Å²) in [6.45, 7) is 2.01.